The Hall–Kier alpha value is -3.19. The van der Waals surface area contributed by atoms with Crippen molar-refractivity contribution in [3.05, 3.63) is 64.7 Å². The third-order valence-electron chi connectivity index (χ3n) is 5.32. The highest BCUT2D eigenvalue weighted by atomic mass is 16.5. The molecule has 0 heterocycles. The van der Waals surface area contributed by atoms with Crippen LogP contribution in [0.2, 0.25) is 0 Å². The Balaban J connectivity index is 1.74. The van der Waals surface area contributed by atoms with Crippen LogP contribution >= 0.6 is 0 Å². The number of ether oxygens (including phenoxy) is 2. The summed E-state index contributed by atoms with van der Waals surface area (Å²) in [6.45, 7) is 0.176. The molecule has 1 unspecified atom stereocenters. The summed E-state index contributed by atoms with van der Waals surface area (Å²) >= 11 is 0. The number of nitrogens with one attached hydrogen (secondary N) is 1. The van der Waals surface area contributed by atoms with E-state index in [9.17, 15) is 14.4 Å². The van der Waals surface area contributed by atoms with Crippen LogP contribution in [0.1, 0.15) is 50.7 Å². The van der Waals surface area contributed by atoms with E-state index in [0.717, 1.165) is 19.3 Å². The highest BCUT2D eigenvalue weighted by molar-refractivity contribution is 5.99. The number of benzene rings is 2. The predicted molar refractivity (Wildman–Crippen MR) is 113 cm³/mol. The minimum absolute atomic E-state index is 0.158. The number of hydrogen-bond donors (Lipinski definition) is 1. The summed E-state index contributed by atoms with van der Waals surface area (Å²) in [4.78, 5) is 38.6. The molecule has 30 heavy (non-hydrogen) atoms. The number of fused-ring (bicyclic) bond motifs is 1. The van der Waals surface area contributed by atoms with Gasteiger partial charge in [0.05, 0.1) is 31.9 Å². The number of amides is 1. The Morgan fingerprint density at radius 1 is 1.03 bits per heavy atom. The Morgan fingerprint density at radius 2 is 1.67 bits per heavy atom. The predicted octanol–water partition coefficient (Wildman–Crippen LogP) is 3.21. The van der Waals surface area contributed by atoms with Crippen LogP contribution in [-0.2, 0) is 20.7 Å². The normalized spacial score (nSPS) is 15.3. The summed E-state index contributed by atoms with van der Waals surface area (Å²) in [5, 5.41) is 2.78. The van der Waals surface area contributed by atoms with Crippen molar-refractivity contribution in [2.45, 2.75) is 25.3 Å². The fraction of sp³-hybridized carbons (Fsp3) is 0.348. The van der Waals surface area contributed by atoms with Gasteiger partial charge >= 0.3 is 11.9 Å². The van der Waals surface area contributed by atoms with Gasteiger partial charge in [-0.3, -0.25) is 9.69 Å². The maximum Gasteiger partial charge on any atom is 0.337 e. The average molecular weight is 410 g/mol. The minimum Gasteiger partial charge on any atom is -0.465 e. The number of likely N-dealkylation sites (N-methyl/N-ethyl adjacent to an activating group) is 1. The first-order valence-corrected chi connectivity index (χ1v) is 9.82. The van der Waals surface area contributed by atoms with Crippen molar-refractivity contribution >= 4 is 23.5 Å². The van der Waals surface area contributed by atoms with Gasteiger partial charge < -0.3 is 14.8 Å². The van der Waals surface area contributed by atoms with Crippen molar-refractivity contribution in [1.82, 2.24) is 4.90 Å². The largest absolute Gasteiger partial charge is 0.465 e. The molecule has 2 aromatic carbocycles. The highest BCUT2D eigenvalue weighted by Gasteiger charge is 2.25. The molecule has 1 aliphatic rings. The van der Waals surface area contributed by atoms with Crippen LogP contribution in [0.3, 0.4) is 0 Å². The first-order chi connectivity index (χ1) is 14.4. The van der Waals surface area contributed by atoms with Crippen LogP contribution in [0, 0.1) is 0 Å². The van der Waals surface area contributed by atoms with Crippen LogP contribution in [0.25, 0.3) is 0 Å². The van der Waals surface area contributed by atoms with Gasteiger partial charge in [-0.1, -0.05) is 24.3 Å². The summed E-state index contributed by atoms with van der Waals surface area (Å²) in [6.07, 6.45) is 3.13. The van der Waals surface area contributed by atoms with Crippen LogP contribution in [0.15, 0.2) is 42.5 Å². The fourth-order valence-electron chi connectivity index (χ4n) is 3.89. The van der Waals surface area contributed by atoms with Crippen LogP contribution in [-0.4, -0.2) is 50.6 Å². The lowest BCUT2D eigenvalue weighted by atomic mass is 9.87. The van der Waals surface area contributed by atoms with E-state index in [0.29, 0.717) is 5.69 Å². The van der Waals surface area contributed by atoms with Crippen molar-refractivity contribution in [2.75, 3.05) is 33.1 Å². The number of nitrogens with zero attached hydrogens (tertiary/aromatic N) is 1. The third kappa shape index (κ3) is 4.86. The maximum absolute atomic E-state index is 12.7. The lowest BCUT2D eigenvalue weighted by Gasteiger charge is -2.32. The molecule has 3 rings (SSSR count). The van der Waals surface area contributed by atoms with Gasteiger partial charge in [-0.15, -0.1) is 0 Å². The summed E-state index contributed by atoms with van der Waals surface area (Å²) in [7, 11) is 4.43. The molecule has 0 aromatic heterocycles. The van der Waals surface area contributed by atoms with Crippen molar-refractivity contribution in [3.63, 3.8) is 0 Å². The van der Waals surface area contributed by atoms with Crippen molar-refractivity contribution in [3.8, 4) is 0 Å². The Morgan fingerprint density at radius 3 is 2.30 bits per heavy atom. The zero-order valence-corrected chi connectivity index (χ0v) is 17.4. The second-order valence-corrected chi connectivity index (χ2v) is 7.35. The van der Waals surface area contributed by atoms with E-state index in [-0.39, 0.29) is 29.6 Å². The Labute approximate surface area is 176 Å². The number of anilines is 1. The van der Waals surface area contributed by atoms with Gasteiger partial charge in [-0.05, 0) is 55.6 Å². The third-order valence-corrected chi connectivity index (χ3v) is 5.32. The molecule has 158 valence electrons. The molecular weight excluding hydrogens is 384 g/mol. The van der Waals surface area contributed by atoms with E-state index in [1.165, 1.54) is 43.5 Å². The molecule has 0 radical (unpaired) electrons. The number of esters is 2. The lowest BCUT2D eigenvalue weighted by Crippen LogP contribution is -2.35. The topological polar surface area (TPSA) is 84.9 Å². The lowest BCUT2D eigenvalue weighted by molar-refractivity contribution is -0.117. The van der Waals surface area contributed by atoms with Gasteiger partial charge in [0.2, 0.25) is 5.91 Å². The SMILES string of the molecule is COC(=O)c1cc(NC(=O)CN(C)C2CCCc3ccccc32)cc(C(=O)OC)c1. The second kappa shape index (κ2) is 9.54. The first-order valence-electron chi connectivity index (χ1n) is 9.82. The minimum atomic E-state index is -0.604. The summed E-state index contributed by atoms with van der Waals surface area (Å²) in [5.41, 5.74) is 3.24. The van der Waals surface area contributed by atoms with E-state index in [4.69, 9.17) is 9.47 Å². The molecule has 7 heteroatoms. The average Bonchev–Trinajstić information content (AvgIpc) is 2.77. The molecular formula is C23H26N2O5. The van der Waals surface area contributed by atoms with Gasteiger partial charge in [0.1, 0.15) is 0 Å². The zero-order chi connectivity index (χ0) is 21.7. The Bertz CT molecular complexity index is 922. The molecule has 1 N–H and O–H groups in total. The molecule has 0 saturated heterocycles. The van der Waals surface area contributed by atoms with Gasteiger partial charge in [-0.2, -0.15) is 0 Å². The summed E-state index contributed by atoms with van der Waals surface area (Å²) in [5.74, 6) is -1.45. The number of carbonyl (C=O) groups excluding carboxylic acids is 3. The van der Waals surface area contributed by atoms with E-state index < -0.39 is 11.9 Å². The van der Waals surface area contributed by atoms with E-state index >= 15 is 0 Å². The van der Waals surface area contributed by atoms with E-state index in [1.54, 1.807) is 0 Å². The van der Waals surface area contributed by atoms with E-state index in [1.807, 2.05) is 24.1 Å². The smallest absolute Gasteiger partial charge is 0.337 e. The molecule has 0 saturated carbocycles. The monoisotopic (exact) mass is 410 g/mol. The summed E-state index contributed by atoms with van der Waals surface area (Å²) < 4.78 is 9.46. The highest BCUT2D eigenvalue weighted by Crippen LogP contribution is 2.33. The van der Waals surface area contributed by atoms with Crippen LogP contribution < -0.4 is 5.32 Å². The van der Waals surface area contributed by atoms with Gasteiger partial charge in [-0.25, -0.2) is 9.59 Å². The molecule has 0 bridgehead atoms. The summed E-state index contributed by atoms with van der Waals surface area (Å²) in [6, 6.07) is 12.8. The maximum atomic E-state index is 12.7. The molecule has 0 spiro atoms. The molecule has 1 atom stereocenters. The van der Waals surface area contributed by atoms with Gasteiger partial charge in [0.15, 0.2) is 0 Å². The molecule has 0 aliphatic heterocycles. The zero-order valence-electron chi connectivity index (χ0n) is 17.4. The van der Waals surface area contributed by atoms with Crippen LogP contribution in [0.5, 0.6) is 0 Å². The quantitative estimate of drug-likeness (QED) is 0.736. The number of aryl methyl sites for hydroxylation is 1. The molecule has 2 aromatic rings. The molecule has 7 nitrogen and oxygen atoms in total. The first kappa shape index (κ1) is 21.5. The van der Waals surface area contributed by atoms with Gasteiger partial charge in [0, 0.05) is 11.7 Å². The fourth-order valence-corrected chi connectivity index (χ4v) is 3.89. The molecule has 1 amide bonds. The number of rotatable bonds is 6. The molecule has 1 aliphatic carbocycles. The standard InChI is InChI=1S/C23H26N2O5/c1-25(20-10-6-8-15-7-4-5-9-19(15)20)14-21(26)24-18-12-16(22(27)29-2)11-17(13-18)23(28)30-3/h4-5,7,9,11-13,20H,6,8,10,14H2,1-3H3,(H,24,26). The van der Waals surface area contributed by atoms with Gasteiger partial charge in [0.25, 0.3) is 0 Å². The number of carbonyl (C=O) groups is 3. The molecule has 0 fully saturated rings. The van der Waals surface area contributed by atoms with Crippen molar-refractivity contribution < 1.29 is 23.9 Å². The van der Waals surface area contributed by atoms with E-state index in [2.05, 4.69) is 17.4 Å². The van der Waals surface area contributed by atoms with Crippen molar-refractivity contribution in [1.29, 1.82) is 0 Å². The number of hydrogen-bond acceptors (Lipinski definition) is 6. The van der Waals surface area contributed by atoms with Crippen molar-refractivity contribution in [2.24, 2.45) is 0 Å². The second-order valence-electron chi connectivity index (χ2n) is 7.35. The number of methoxy groups -OCH3 is 2. The van der Waals surface area contributed by atoms with Crippen LogP contribution in [0.4, 0.5) is 5.69 Å². The Kier molecular flexibility index (Phi) is 6.84.